The summed E-state index contributed by atoms with van der Waals surface area (Å²) >= 11 is 3.47. The Hall–Kier alpha value is -3.39. The number of carbonyl (C=O) groups is 1. The first-order valence-corrected chi connectivity index (χ1v) is 12.6. The minimum Gasteiger partial charge on any atom is -0.493 e. The number of hydrogen-bond donors (Lipinski definition) is 1. The molecule has 8 heteroatoms. The molecule has 1 heterocycles. The molecular weight excluding hydrogens is 506 g/mol. The lowest BCUT2D eigenvalue weighted by atomic mass is 10.1. The number of rotatable bonds is 8. The molecule has 182 valence electrons. The number of fused-ring (bicyclic) bond motifs is 1. The largest absolute Gasteiger partial charge is 0.493 e. The number of nitrogens with zero attached hydrogens (tertiary/aromatic N) is 4. The van der Waals surface area contributed by atoms with Gasteiger partial charge in [0.1, 0.15) is 16.8 Å². The predicted octanol–water partition coefficient (Wildman–Crippen LogP) is 6.30. The molecule has 4 aromatic rings. The maximum Gasteiger partial charge on any atom is 0.255 e. The van der Waals surface area contributed by atoms with E-state index in [0.29, 0.717) is 29.1 Å². The van der Waals surface area contributed by atoms with Gasteiger partial charge >= 0.3 is 0 Å². The second-order valence-corrected chi connectivity index (χ2v) is 9.18. The minimum absolute atomic E-state index is 0.202. The van der Waals surface area contributed by atoms with Crippen LogP contribution in [0.15, 0.2) is 53.0 Å². The van der Waals surface area contributed by atoms with Gasteiger partial charge in [-0.05, 0) is 110 Å². The van der Waals surface area contributed by atoms with E-state index in [2.05, 4.69) is 65.1 Å². The lowest BCUT2D eigenvalue weighted by Gasteiger charge is -2.22. The van der Waals surface area contributed by atoms with Crippen molar-refractivity contribution in [3.05, 3.63) is 69.7 Å². The van der Waals surface area contributed by atoms with Gasteiger partial charge in [-0.1, -0.05) is 0 Å². The van der Waals surface area contributed by atoms with Crippen LogP contribution in [0.2, 0.25) is 0 Å². The predicted molar refractivity (Wildman–Crippen MR) is 145 cm³/mol. The molecule has 0 bridgehead atoms. The zero-order chi connectivity index (χ0) is 25.1. The summed E-state index contributed by atoms with van der Waals surface area (Å²) in [5.41, 5.74) is 6.86. The van der Waals surface area contributed by atoms with Crippen molar-refractivity contribution in [3.8, 4) is 11.4 Å². The number of nitrogens with one attached hydrogen (secondary N) is 1. The van der Waals surface area contributed by atoms with Gasteiger partial charge in [-0.2, -0.15) is 4.80 Å². The molecule has 1 amide bonds. The molecule has 35 heavy (non-hydrogen) atoms. The Bertz CT molecular complexity index is 1380. The Balaban J connectivity index is 1.60. The van der Waals surface area contributed by atoms with Crippen LogP contribution in [0, 0.1) is 13.8 Å². The van der Waals surface area contributed by atoms with Gasteiger partial charge in [0.15, 0.2) is 0 Å². The highest BCUT2D eigenvalue weighted by molar-refractivity contribution is 9.10. The van der Waals surface area contributed by atoms with Crippen LogP contribution in [0.25, 0.3) is 16.7 Å². The molecule has 1 N–H and O–H groups in total. The molecule has 0 aliphatic heterocycles. The van der Waals surface area contributed by atoms with Crippen molar-refractivity contribution in [2.24, 2.45) is 0 Å². The van der Waals surface area contributed by atoms with Gasteiger partial charge in [0.2, 0.25) is 0 Å². The number of aryl methyl sites for hydroxylation is 2. The highest BCUT2D eigenvalue weighted by Crippen LogP contribution is 2.28. The average molecular weight is 536 g/mol. The fourth-order valence-electron chi connectivity index (χ4n) is 4.07. The van der Waals surface area contributed by atoms with Crippen molar-refractivity contribution >= 4 is 44.2 Å². The van der Waals surface area contributed by atoms with Crippen LogP contribution in [0.4, 0.5) is 11.4 Å². The van der Waals surface area contributed by atoms with Crippen LogP contribution in [0.1, 0.15) is 42.3 Å². The number of amides is 1. The molecule has 0 radical (unpaired) electrons. The van der Waals surface area contributed by atoms with E-state index in [4.69, 9.17) is 14.9 Å². The van der Waals surface area contributed by atoms with Gasteiger partial charge in [0.05, 0.1) is 16.8 Å². The third kappa shape index (κ3) is 5.17. The zero-order valence-electron chi connectivity index (χ0n) is 20.7. The van der Waals surface area contributed by atoms with Crippen molar-refractivity contribution < 1.29 is 9.53 Å². The van der Waals surface area contributed by atoms with Gasteiger partial charge < -0.3 is 15.0 Å². The first-order chi connectivity index (χ1) is 16.8. The molecular formula is C27H30BrN5O2. The lowest BCUT2D eigenvalue weighted by molar-refractivity contribution is 0.102. The summed E-state index contributed by atoms with van der Waals surface area (Å²) in [6.07, 6.45) is 0. The summed E-state index contributed by atoms with van der Waals surface area (Å²) in [5.74, 6) is 0.505. The molecule has 0 saturated heterocycles. The maximum absolute atomic E-state index is 12.9. The summed E-state index contributed by atoms with van der Waals surface area (Å²) < 4.78 is 6.28. The molecule has 0 aliphatic rings. The van der Waals surface area contributed by atoms with Gasteiger partial charge in [-0.3, -0.25) is 4.79 Å². The van der Waals surface area contributed by atoms with Crippen molar-refractivity contribution in [2.75, 3.05) is 29.9 Å². The van der Waals surface area contributed by atoms with Crippen molar-refractivity contribution in [1.29, 1.82) is 0 Å². The smallest absolute Gasteiger partial charge is 0.255 e. The van der Waals surface area contributed by atoms with E-state index in [1.165, 1.54) is 5.69 Å². The highest BCUT2D eigenvalue weighted by atomic mass is 79.9. The number of benzene rings is 3. The van der Waals surface area contributed by atoms with Crippen LogP contribution in [-0.4, -0.2) is 40.6 Å². The standard InChI is InChI=1S/C27H30BrN5O2/c1-6-32(7-2)20-10-11-25(18(5)13-20)33-30-23-14-17(4)22(16-24(23)31-33)29-27(34)19-9-12-26(35-8-3)21(28)15-19/h9-16H,6-8H2,1-5H3,(H,29,34). The molecule has 0 saturated carbocycles. The van der Waals surface area contributed by atoms with Crippen LogP contribution in [-0.2, 0) is 0 Å². The Morgan fingerprint density at radius 1 is 0.971 bits per heavy atom. The third-order valence-corrected chi connectivity index (χ3v) is 6.61. The number of ether oxygens (including phenoxy) is 1. The molecule has 0 unspecified atom stereocenters. The van der Waals surface area contributed by atoms with Crippen LogP contribution < -0.4 is 15.0 Å². The quantitative estimate of drug-likeness (QED) is 0.286. The van der Waals surface area contributed by atoms with Crippen molar-refractivity contribution in [2.45, 2.75) is 34.6 Å². The average Bonchev–Trinajstić information content (AvgIpc) is 3.23. The molecule has 0 spiro atoms. The normalized spacial score (nSPS) is 11.0. The Labute approximate surface area is 214 Å². The van der Waals surface area contributed by atoms with Crippen LogP contribution >= 0.6 is 15.9 Å². The third-order valence-electron chi connectivity index (χ3n) is 5.99. The summed E-state index contributed by atoms with van der Waals surface area (Å²) in [7, 11) is 0. The summed E-state index contributed by atoms with van der Waals surface area (Å²) in [6.45, 7) is 12.7. The van der Waals surface area contributed by atoms with E-state index >= 15 is 0 Å². The van der Waals surface area contributed by atoms with Gasteiger partial charge in [0, 0.05) is 30.0 Å². The van der Waals surface area contributed by atoms with E-state index in [1.807, 2.05) is 26.0 Å². The fourth-order valence-corrected chi connectivity index (χ4v) is 4.56. The monoisotopic (exact) mass is 535 g/mol. The minimum atomic E-state index is -0.202. The molecule has 0 atom stereocenters. The first-order valence-electron chi connectivity index (χ1n) is 11.8. The van der Waals surface area contributed by atoms with Crippen LogP contribution in [0.5, 0.6) is 5.75 Å². The Morgan fingerprint density at radius 3 is 2.31 bits per heavy atom. The SMILES string of the molecule is CCOc1ccc(C(=O)Nc2cc3nn(-c4ccc(N(CC)CC)cc4C)nc3cc2C)cc1Br. The Kier molecular flexibility index (Phi) is 7.40. The van der Waals surface area contributed by atoms with E-state index in [9.17, 15) is 4.79 Å². The summed E-state index contributed by atoms with van der Waals surface area (Å²) in [5, 5.41) is 12.4. The molecule has 7 nitrogen and oxygen atoms in total. The Morgan fingerprint density at radius 2 is 1.69 bits per heavy atom. The van der Waals surface area contributed by atoms with Gasteiger partial charge in [-0.15, -0.1) is 10.2 Å². The number of anilines is 2. The molecule has 1 aromatic heterocycles. The van der Waals surface area contributed by atoms with E-state index < -0.39 is 0 Å². The fraction of sp³-hybridized carbons (Fsp3) is 0.296. The van der Waals surface area contributed by atoms with Crippen LogP contribution in [0.3, 0.4) is 0 Å². The topological polar surface area (TPSA) is 72.3 Å². The highest BCUT2D eigenvalue weighted by Gasteiger charge is 2.14. The molecule has 0 fully saturated rings. The zero-order valence-corrected chi connectivity index (χ0v) is 22.3. The molecule has 4 rings (SSSR count). The summed E-state index contributed by atoms with van der Waals surface area (Å²) in [6, 6.07) is 15.4. The maximum atomic E-state index is 12.9. The van der Waals surface area contributed by atoms with Crippen molar-refractivity contribution in [3.63, 3.8) is 0 Å². The first kappa shape index (κ1) is 24.7. The number of aromatic nitrogens is 3. The molecule has 3 aromatic carbocycles. The van der Waals surface area contributed by atoms with Gasteiger partial charge in [0.25, 0.3) is 5.91 Å². The van der Waals surface area contributed by atoms with E-state index in [-0.39, 0.29) is 5.91 Å². The number of halogens is 1. The second-order valence-electron chi connectivity index (χ2n) is 8.32. The number of hydrogen-bond acceptors (Lipinski definition) is 5. The van der Waals surface area contributed by atoms with E-state index in [1.54, 1.807) is 23.0 Å². The summed E-state index contributed by atoms with van der Waals surface area (Å²) in [4.78, 5) is 16.9. The lowest BCUT2D eigenvalue weighted by Crippen LogP contribution is -2.21. The van der Waals surface area contributed by atoms with Crippen molar-refractivity contribution in [1.82, 2.24) is 15.0 Å². The van der Waals surface area contributed by atoms with E-state index in [0.717, 1.165) is 39.9 Å². The second kappa shape index (κ2) is 10.5. The van der Waals surface area contributed by atoms with Gasteiger partial charge in [-0.25, -0.2) is 0 Å². The molecule has 0 aliphatic carbocycles. The number of carbonyl (C=O) groups excluding carboxylic acids is 1.